The fourth-order valence-electron chi connectivity index (χ4n) is 1.58. The number of amidine groups is 1. The molecular weight excluding hydrogens is 244 g/mol. The quantitative estimate of drug-likeness (QED) is 0.249. The van der Waals surface area contributed by atoms with Crippen LogP contribution in [0.15, 0.2) is 23.4 Å². The van der Waals surface area contributed by atoms with Gasteiger partial charge in [0.05, 0.1) is 12.2 Å². The van der Waals surface area contributed by atoms with Gasteiger partial charge in [0, 0.05) is 6.61 Å². The monoisotopic (exact) mass is 266 g/mol. The van der Waals surface area contributed by atoms with Crippen LogP contribution in [0.4, 0.5) is 0 Å². The number of unbranched alkanes of at least 4 members (excludes halogenated alkanes) is 1. The second-order valence-electron chi connectivity index (χ2n) is 4.30. The van der Waals surface area contributed by atoms with Crippen LogP contribution in [0.5, 0.6) is 5.75 Å². The maximum Gasteiger partial charge on any atom is 0.173 e. The minimum Gasteiger partial charge on any atom is -0.490 e. The van der Waals surface area contributed by atoms with Crippen LogP contribution in [0.2, 0.25) is 0 Å². The second-order valence-corrected chi connectivity index (χ2v) is 4.30. The number of nitrogens with zero attached hydrogens (tertiary/aromatic N) is 1. The summed E-state index contributed by atoms with van der Waals surface area (Å²) in [6, 6.07) is 5.55. The van der Waals surface area contributed by atoms with Gasteiger partial charge in [0.2, 0.25) is 0 Å². The normalized spacial score (nSPS) is 11.6. The van der Waals surface area contributed by atoms with Gasteiger partial charge in [0.15, 0.2) is 5.84 Å². The Balaban J connectivity index is 2.53. The van der Waals surface area contributed by atoms with Crippen molar-refractivity contribution >= 4 is 5.84 Å². The molecule has 1 aromatic carbocycles. The number of oxime groups is 1. The molecule has 0 aliphatic rings. The van der Waals surface area contributed by atoms with Gasteiger partial charge in [0.25, 0.3) is 0 Å². The van der Waals surface area contributed by atoms with Crippen molar-refractivity contribution in [2.75, 3.05) is 19.8 Å². The zero-order valence-electron chi connectivity index (χ0n) is 11.6. The molecule has 1 rings (SSSR count). The molecule has 0 spiro atoms. The van der Waals surface area contributed by atoms with Gasteiger partial charge < -0.3 is 20.4 Å². The fraction of sp³-hybridized carbons (Fsp3) is 0.500. The molecule has 0 fully saturated rings. The van der Waals surface area contributed by atoms with E-state index in [0.29, 0.717) is 24.5 Å². The van der Waals surface area contributed by atoms with Crippen molar-refractivity contribution in [2.45, 2.75) is 26.7 Å². The summed E-state index contributed by atoms with van der Waals surface area (Å²) in [5.74, 6) is 0.644. The molecule has 0 radical (unpaired) electrons. The average Bonchev–Trinajstić information content (AvgIpc) is 2.43. The molecule has 0 aliphatic heterocycles. The van der Waals surface area contributed by atoms with Crippen molar-refractivity contribution in [1.29, 1.82) is 0 Å². The van der Waals surface area contributed by atoms with E-state index >= 15 is 0 Å². The summed E-state index contributed by atoms with van der Waals surface area (Å²) in [6.07, 6.45) is 2.17. The number of rotatable bonds is 8. The van der Waals surface area contributed by atoms with Crippen LogP contribution in [0.1, 0.15) is 30.9 Å². The molecule has 0 amide bonds. The Bertz CT molecular complexity index is 419. The van der Waals surface area contributed by atoms with Gasteiger partial charge in [-0.15, -0.1) is 0 Å². The van der Waals surface area contributed by atoms with Crippen molar-refractivity contribution in [3.63, 3.8) is 0 Å². The van der Waals surface area contributed by atoms with Crippen LogP contribution in [0, 0.1) is 6.92 Å². The molecule has 0 saturated carbocycles. The van der Waals surface area contributed by atoms with Crippen LogP contribution >= 0.6 is 0 Å². The highest BCUT2D eigenvalue weighted by atomic mass is 16.5. The Hall–Kier alpha value is -1.75. The highest BCUT2D eigenvalue weighted by molar-refractivity contribution is 5.99. The first kappa shape index (κ1) is 15.3. The third kappa shape index (κ3) is 5.18. The van der Waals surface area contributed by atoms with Crippen molar-refractivity contribution in [3.8, 4) is 5.75 Å². The Labute approximate surface area is 114 Å². The molecule has 0 aliphatic carbocycles. The average molecular weight is 266 g/mol. The topological polar surface area (TPSA) is 77.1 Å². The molecule has 1 aromatic rings. The van der Waals surface area contributed by atoms with Crippen molar-refractivity contribution in [2.24, 2.45) is 10.9 Å². The lowest BCUT2D eigenvalue weighted by atomic mass is 10.1. The summed E-state index contributed by atoms with van der Waals surface area (Å²) in [6.45, 7) is 5.78. The Morgan fingerprint density at radius 1 is 1.32 bits per heavy atom. The number of benzene rings is 1. The van der Waals surface area contributed by atoms with E-state index in [4.69, 9.17) is 20.4 Å². The molecule has 0 saturated heterocycles. The lowest BCUT2D eigenvalue weighted by Crippen LogP contribution is -2.16. The first-order chi connectivity index (χ1) is 9.19. The molecule has 0 heterocycles. The standard InChI is InChI=1S/C14H22N2O3/c1-3-4-7-18-8-9-19-13-6-5-11(2)10-12(13)14(15)16-17/h5-6,10,17H,3-4,7-9H2,1-2H3,(H2,15,16). The number of aryl methyl sites for hydroxylation is 1. The minimum atomic E-state index is 0.0469. The van der Waals surface area contributed by atoms with E-state index in [2.05, 4.69) is 12.1 Å². The van der Waals surface area contributed by atoms with Crippen molar-refractivity contribution in [3.05, 3.63) is 29.3 Å². The maximum absolute atomic E-state index is 8.75. The highest BCUT2D eigenvalue weighted by Crippen LogP contribution is 2.19. The van der Waals surface area contributed by atoms with Crippen LogP contribution < -0.4 is 10.5 Å². The van der Waals surface area contributed by atoms with E-state index in [9.17, 15) is 0 Å². The third-order valence-electron chi connectivity index (χ3n) is 2.65. The summed E-state index contributed by atoms with van der Waals surface area (Å²) < 4.78 is 11.0. The SMILES string of the molecule is CCCCOCCOc1ccc(C)cc1/C(N)=N/O. The molecule has 0 bridgehead atoms. The lowest BCUT2D eigenvalue weighted by molar-refractivity contribution is 0.0980. The summed E-state index contributed by atoms with van der Waals surface area (Å²) in [4.78, 5) is 0. The number of nitrogens with two attached hydrogens (primary N) is 1. The summed E-state index contributed by atoms with van der Waals surface area (Å²) >= 11 is 0. The number of hydrogen-bond donors (Lipinski definition) is 2. The summed E-state index contributed by atoms with van der Waals surface area (Å²) in [7, 11) is 0. The first-order valence-electron chi connectivity index (χ1n) is 6.48. The van der Waals surface area contributed by atoms with Gasteiger partial charge in [-0.05, 0) is 25.5 Å². The van der Waals surface area contributed by atoms with Gasteiger partial charge in [-0.1, -0.05) is 30.1 Å². The summed E-state index contributed by atoms with van der Waals surface area (Å²) in [5, 5.41) is 11.8. The van der Waals surface area contributed by atoms with Crippen molar-refractivity contribution < 1.29 is 14.7 Å². The number of hydrogen-bond acceptors (Lipinski definition) is 4. The molecule has 5 nitrogen and oxygen atoms in total. The molecule has 0 aromatic heterocycles. The van der Waals surface area contributed by atoms with Gasteiger partial charge in [-0.25, -0.2) is 0 Å². The van der Waals surface area contributed by atoms with Crippen LogP contribution in [0.25, 0.3) is 0 Å². The van der Waals surface area contributed by atoms with Crippen molar-refractivity contribution in [1.82, 2.24) is 0 Å². The minimum absolute atomic E-state index is 0.0469. The zero-order valence-corrected chi connectivity index (χ0v) is 11.6. The molecule has 19 heavy (non-hydrogen) atoms. The second kappa shape index (κ2) is 8.37. The maximum atomic E-state index is 8.75. The summed E-state index contributed by atoms with van der Waals surface area (Å²) in [5.41, 5.74) is 7.24. The first-order valence-corrected chi connectivity index (χ1v) is 6.48. The van der Waals surface area contributed by atoms with Gasteiger partial charge in [0.1, 0.15) is 12.4 Å². The Kier molecular flexibility index (Phi) is 6.74. The Morgan fingerprint density at radius 3 is 2.79 bits per heavy atom. The fourth-order valence-corrected chi connectivity index (χ4v) is 1.58. The molecule has 0 atom stereocenters. The predicted molar refractivity (Wildman–Crippen MR) is 74.9 cm³/mol. The lowest BCUT2D eigenvalue weighted by Gasteiger charge is -2.11. The van der Waals surface area contributed by atoms with E-state index in [0.717, 1.165) is 25.0 Å². The molecule has 106 valence electrons. The molecular formula is C14H22N2O3. The van der Waals surface area contributed by atoms with Crippen LogP contribution in [-0.4, -0.2) is 30.9 Å². The van der Waals surface area contributed by atoms with Gasteiger partial charge in [-0.3, -0.25) is 0 Å². The van der Waals surface area contributed by atoms with Crippen LogP contribution in [0.3, 0.4) is 0 Å². The molecule has 5 heteroatoms. The largest absolute Gasteiger partial charge is 0.490 e. The van der Waals surface area contributed by atoms with Gasteiger partial charge in [-0.2, -0.15) is 0 Å². The third-order valence-corrected chi connectivity index (χ3v) is 2.65. The zero-order chi connectivity index (χ0) is 14.1. The smallest absolute Gasteiger partial charge is 0.173 e. The van der Waals surface area contributed by atoms with Gasteiger partial charge >= 0.3 is 0 Å². The van der Waals surface area contributed by atoms with Crippen LogP contribution in [-0.2, 0) is 4.74 Å². The van der Waals surface area contributed by atoms with E-state index in [-0.39, 0.29) is 5.84 Å². The van der Waals surface area contributed by atoms with E-state index in [1.165, 1.54) is 0 Å². The molecule has 0 unspecified atom stereocenters. The Morgan fingerprint density at radius 2 is 2.11 bits per heavy atom. The van der Waals surface area contributed by atoms with E-state index < -0.39 is 0 Å². The van der Waals surface area contributed by atoms with E-state index in [1.807, 2.05) is 25.1 Å². The number of ether oxygens (including phenoxy) is 2. The van der Waals surface area contributed by atoms with E-state index in [1.54, 1.807) is 0 Å². The molecule has 3 N–H and O–H groups in total. The predicted octanol–water partition coefficient (Wildman–Crippen LogP) is 2.29. The highest BCUT2D eigenvalue weighted by Gasteiger charge is 2.08.